The highest BCUT2D eigenvalue weighted by atomic mass is 19.4. The number of hydrogen-bond acceptors (Lipinski definition) is 5. The van der Waals surface area contributed by atoms with E-state index in [0.29, 0.717) is 36.7 Å². The van der Waals surface area contributed by atoms with Gasteiger partial charge in [0.2, 0.25) is 0 Å². The van der Waals surface area contributed by atoms with Crippen LogP contribution in [0.4, 0.5) is 18.9 Å². The molecule has 2 fully saturated rings. The van der Waals surface area contributed by atoms with Crippen LogP contribution in [0, 0.1) is 0 Å². The molecule has 0 saturated heterocycles. The molecule has 2 aromatic carbocycles. The number of nitrogens with one attached hydrogen (secondary N) is 1. The summed E-state index contributed by atoms with van der Waals surface area (Å²) in [5, 5.41) is 11.8. The molecule has 3 aliphatic rings. The number of amides is 1. The van der Waals surface area contributed by atoms with Crippen molar-refractivity contribution in [3.8, 4) is 0 Å². The summed E-state index contributed by atoms with van der Waals surface area (Å²) < 4.78 is 50.0. The van der Waals surface area contributed by atoms with Gasteiger partial charge in [-0.05, 0) is 66.6 Å². The lowest BCUT2D eigenvalue weighted by atomic mass is 9.62. The summed E-state index contributed by atoms with van der Waals surface area (Å²) in [4.78, 5) is 15.1. The fourth-order valence-corrected chi connectivity index (χ4v) is 6.54. The van der Waals surface area contributed by atoms with Gasteiger partial charge in [0, 0.05) is 38.0 Å². The van der Waals surface area contributed by atoms with E-state index in [4.69, 9.17) is 4.74 Å². The molecule has 0 bridgehead atoms. The Morgan fingerprint density at radius 2 is 1.92 bits per heavy atom. The second kappa shape index (κ2) is 9.75. The van der Waals surface area contributed by atoms with E-state index in [0.717, 1.165) is 37.1 Å². The van der Waals surface area contributed by atoms with Crippen molar-refractivity contribution >= 4 is 11.6 Å². The number of halogens is 3. The van der Waals surface area contributed by atoms with Crippen molar-refractivity contribution in [2.24, 2.45) is 7.05 Å². The minimum absolute atomic E-state index is 0.0358. The number of carbonyl (C=O) groups excluding carboxylic acids is 1. The number of methoxy groups -OCH3 is 1. The number of rotatable bonds is 7. The van der Waals surface area contributed by atoms with Crippen molar-refractivity contribution in [2.45, 2.75) is 75.4 Å². The lowest BCUT2D eigenvalue weighted by Gasteiger charge is -2.46. The van der Waals surface area contributed by atoms with Crippen LogP contribution in [-0.2, 0) is 36.5 Å². The lowest BCUT2D eigenvalue weighted by Crippen LogP contribution is -2.48. The predicted octanol–water partition coefficient (Wildman–Crippen LogP) is 5.12. The number of nitrogens with zero attached hydrogens (tertiary/aromatic N) is 4. The molecule has 206 valence electrons. The Balaban J connectivity index is 1.33. The second-order valence-electron chi connectivity index (χ2n) is 11.1. The largest absolute Gasteiger partial charge is 0.416 e. The van der Waals surface area contributed by atoms with Crippen molar-refractivity contribution in [1.82, 2.24) is 20.1 Å². The number of benzene rings is 2. The van der Waals surface area contributed by atoms with Gasteiger partial charge >= 0.3 is 6.18 Å². The molecular formula is C29H32F3N5O2. The lowest BCUT2D eigenvalue weighted by molar-refractivity contribution is -0.138. The zero-order valence-corrected chi connectivity index (χ0v) is 22.1. The first kappa shape index (κ1) is 26.0. The first-order valence-electron chi connectivity index (χ1n) is 13.5. The molecule has 0 spiro atoms. The van der Waals surface area contributed by atoms with Crippen LogP contribution in [0.5, 0.6) is 0 Å². The molecular weight excluding hydrogens is 507 g/mol. The average molecular weight is 540 g/mol. The number of aryl methyl sites for hydroxylation is 1. The van der Waals surface area contributed by atoms with Crippen molar-refractivity contribution in [2.75, 3.05) is 12.0 Å². The van der Waals surface area contributed by atoms with Crippen molar-refractivity contribution in [3.63, 3.8) is 0 Å². The van der Waals surface area contributed by atoms with Crippen LogP contribution in [-0.4, -0.2) is 39.9 Å². The quantitative estimate of drug-likeness (QED) is 0.451. The van der Waals surface area contributed by atoms with Gasteiger partial charge in [0.1, 0.15) is 12.2 Å². The fourth-order valence-electron chi connectivity index (χ4n) is 6.54. The van der Waals surface area contributed by atoms with Crippen molar-refractivity contribution in [3.05, 3.63) is 76.4 Å². The number of alkyl halides is 3. The molecule has 1 aliphatic heterocycles. The molecule has 39 heavy (non-hydrogen) atoms. The van der Waals surface area contributed by atoms with Gasteiger partial charge in [-0.15, -0.1) is 10.2 Å². The van der Waals surface area contributed by atoms with E-state index < -0.39 is 23.1 Å². The zero-order chi connectivity index (χ0) is 27.4. The molecule has 0 atom stereocenters. The Morgan fingerprint density at radius 1 is 1.15 bits per heavy atom. The molecule has 0 unspecified atom stereocenters. The molecule has 10 heteroatoms. The van der Waals surface area contributed by atoms with Crippen LogP contribution in [0.15, 0.2) is 42.7 Å². The minimum Gasteiger partial charge on any atom is -0.381 e. The Kier molecular flexibility index (Phi) is 6.50. The molecule has 1 N–H and O–H groups in total. The van der Waals surface area contributed by atoms with E-state index in [1.165, 1.54) is 11.0 Å². The molecule has 1 aromatic heterocycles. The molecule has 2 saturated carbocycles. The van der Waals surface area contributed by atoms with Gasteiger partial charge < -0.3 is 19.5 Å². The average Bonchev–Trinajstić information content (AvgIpc) is 3.63. The smallest absolute Gasteiger partial charge is 0.381 e. The van der Waals surface area contributed by atoms with Crippen LogP contribution < -0.4 is 10.2 Å². The van der Waals surface area contributed by atoms with Gasteiger partial charge in [-0.25, -0.2) is 0 Å². The maximum Gasteiger partial charge on any atom is 0.416 e. The number of anilines is 1. The van der Waals surface area contributed by atoms with Gasteiger partial charge in [0.25, 0.3) is 5.91 Å². The number of ether oxygens (including phenoxy) is 1. The molecule has 7 nitrogen and oxygen atoms in total. The van der Waals surface area contributed by atoms with Crippen LogP contribution >= 0.6 is 0 Å². The first-order chi connectivity index (χ1) is 18.7. The third-order valence-corrected chi connectivity index (χ3v) is 8.69. The van der Waals surface area contributed by atoms with Gasteiger partial charge in [-0.1, -0.05) is 25.0 Å². The number of carbonyl (C=O) groups is 1. The van der Waals surface area contributed by atoms with Crippen LogP contribution in [0.25, 0.3) is 0 Å². The number of aromatic nitrogens is 3. The summed E-state index contributed by atoms with van der Waals surface area (Å²) in [6, 6.07) is 10.7. The number of fused-ring (bicyclic) bond motifs is 1. The van der Waals surface area contributed by atoms with Crippen molar-refractivity contribution in [1.29, 1.82) is 0 Å². The minimum atomic E-state index is -4.55. The van der Waals surface area contributed by atoms with Crippen molar-refractivity contribution < 1.29 is 22.7 Å². The SMILES string of the molecule is CO[C@H]1C[C@](c2cccc(N3Cc4c(cc(CNC5CCCC5)cc4C(F)(F)F)C3=O)c2)(c2nncn2C)C1. The van der Waals surface area contributed by atoms with E-state index in [1.807, 2.05) is 29.8 Å². The summed E-state index contributed by atoms with van der Waals surface area (Å²) in [5.41, 5.74) is 0.970. The summed E-state index contributed by atoms with van der Waals surface area (Å²) in [6.45, 7) is 0.186. The first-order valence-corrected chi connectivity index (χ1v) is 13.5. The van der Waals surface area contributed by atoms with E-state index >= 15 is 0 Å². The maximum atomic E-state index is 14.2. The fraction of sp³-hybridized carbons (Fsp3) is 0.483. The highest BCUT2D eigenvalue weighted by Gasteiger charge is 2.50. The molecule has 2 aliphatic carbocycles. The topological polar surface area (TPSA) is 72.3 Å². The molecule has 1 amide bonds. The standard InChI is InChI=1S/C29H32F3N5O2/c1-36-17-34-35-27(36)28(13-22(14-28)39-2)19-6-5-9-21(12-19)37-16-24-23(26(37)38)10-18(11-25(24)29(30,31)32)15-33-20-7-3-4-8-20/h5-6,9-12,17,20,22,33H,3-4,7-8,13-16H2,1-2H3/t22-,28-. The predicted molar refractivity (Wildman–Crippen MR) is 139 cm³/mol. The second-order valence-corrected chi connectivity index (χ2v) is 11.1. The molecule has 3 aromatic rings. The van der Waals surface area contributed by atoms with Crippen LogP contribution in [0.1, 0.15) is 77.0 Å². The van der Waals surface area contributed by atoms with Gasteiger partial charge in [0.15, 0.2) is 0 Å². The van der Waals surface area contributed by atoms with Gasteiger partial charge in [0.05, 0.1) is 23.6 Å². The highest BCUT2D eigenvalue weighted by molar-refractivity contribution is 6.10. The van der Waals surface area contributed by atoms with E-state index in [9.17, 15) is 18.0 Å². The number of hydrogen-bond donors (Lipinski definition) is 1. The Labute approximate surface area is 225 Å². The highest BCUT2D eigenvalue weighted by Crippen LogP contribution is 2.50. The summed E-state index contributed by atoms with van der Waals surface area (Å²) in [6.07, 6.45) is 2.88. The third-order valence-electron chi connectivity index (χ3n) is 8.69. The summed E-state index contributed by atoms with van der Waals surface area (Å²) in [5.74, 6) is 0.384. The maximum absolute atomic E-state index is 14.2. The van der Waals surface area contributed by atoms with Gasteiger partial charge in [-0.3, -0.25) is 4.79 Å². The Morgan fingerprint density at radius 3 is 2.59 bits per heavy atom. The molecule has 0 radical (unpaired) electrons. The normalized spacial score (nSPS) is 23.4. The van der Waals surface area contributed by atoms with Crippen LogP contribution in [0.3, 0.4) is 0 Å². The van der Waals surface area contributed by atoms with E-state index in [-0.39, 0.29) is 23.8 Å². The summed E-state index contributed by atoms with van der Waals surface area (Å²) in [7, 11) is 3.57. The van der Waals surface area contributed by atoms with E-state index in [1.54, 1.807) is 25.6 Å². The monoisotopic (exact) mass is 539 g/mol. The summed E-state index contributed by atoms with van der Waals surface area (Å²) >= 11 is 0. The van der Waals surface area contributed by atoms with Crippen LogP contribution in [0.2, 0.25) is 0 Å². The Hall–Kier alpha value is -3.24. The van der Waals surface area contributed by atoms with Gasteiger partial charge in [-0.2, -0.15) is 13.2 Å². The molecule has 2 heterocycles. The Bertz CT molecular complexity index is 1390. The van der Waals surface area contributed by atoms with E-state index in [2.05, 4.69) is 15.5 Å². The zero-order valence-electron chi connectivity index (χ0n) is 22.1. The third kappa shape index (κ3) is 4.53. The molecule has 6 rings (SSSR count).